The molecule has 0 radical (unpaired) electrons. The summed E-state index contributed by atoms with van der Waals surface area (Å²) in [4.78, 5) is 13.0. The maximum absolute atomic E-state index is 13.1. The topological polar surface area (TPSA) is 66.5 Å². The number of hydrogen-bond donors (Lipinski definition) is 1. The SMILES string of the molecule is Cc1cc(Cl)ccc1NC(=O)c1cc(S(=O)(=O)N2CCCCCC2)ccc1C. The highest BCUT2D eigenvalue weighted by molar-refractivity contribution is 7.89. The number of hydrogen-bond acceptors (Lipinski definition) is 3. The average Bonchev–Trinajstić information content (AvgIpc) is 2.94. The monoisotopic (exact) mass is 420 g/mol. The van der Waals surface area contributed by atoms with Gasteiger partial charge in [-0.15, -0.1) is 0 Å². The van der Waals surface area contributed by atoms with Crippen LogP contribution in [0.2, 0.25) is 5.02 Å². The van der Waals surface area contributed by atoms with Gasteiger partial charge in [0.1, 0.15) is 0 Å². The van der Waals surface area contributed by atoms with E-state index in [0.717, 1.165) is 36.8 Å². The molecule has 0 spiro atoms. The molecule has 1 heterocycles. The van der Waals surface area contributed by atoms with Crippen LogP contribution in [0.15, 0.2) is 41.3 Å². The zero-order valence-electron chi connectivity index (χ0n) is 16.2. The molecular weight excluding hydrogens is 396 g/mol. The van der Waals surface area contributed by atoms with Crippen molar-refractivity contribution in [3.8, 4) is 0 Å². The first-order valence-corrected chi connectivity index (χ1v) is 11.3. The Morgan fingerprint density at radius 3 is 2.29 bits per heavy atom. The minimum Gasteiger partial charge on any atom is -0.322 e. The summed E-state index contributed by atoms with van der Waals surface area (Å²) < 4.78 is 27.6. The van der Waals surface area contributed by atoms with E-state index in [1.165, 1.54) is 10.4 Å². The minimum absolute atomic E-state index is 0.165. The van der Waals surface area contributed by atoms with Gasteiger partial charge in [0.2, 0.25) is 10.0 Å². The Morgan fingerprint density at radius 2 is 1.64 bits per heavy atom. The molecule has 0 saturated carbocycles. The Balaban J connectivity index is 1.89. The van der Waals surface area contributed by atoms with Crippen LogP contribution in [0.3, 0.4) is 0 Å². The molecule has 7 heteroatoms. The molecule has 0 bridgehead atoms. The number of benzene rings is 2. The van der Waals surface area contributed by atoms with E-state index in [2.05, 4.69) is 5.32 Å². The lowest BCUT2D eigenvalue weighted by atomic mass is 10.1. The number of carbonyl (C=O) groups is 1. The Hall–Kier alpha value is -1.89. The summed E-state index contributed by atoms with van der Waals surface area (Å²) in [6, 6.07) is 9.97. The molecule has 1 saturated heterocycles. The van der Waals surface area contributed by atoms with Crippen LogP contribution < -0.4 is 5.32 Å². The van der Waals surface area contributed by atoms with Crippen molar-refractivity contribution >= 4 is 33.2 Å². The third-order valence-corrected chi connectivity index (χ3v) is 7.22. The van der Waals surface area contributed by atoms with Gasteiger partial charge >= 0.3 is 0 Å². The predicted molar refractivity (Wildman–Crippen MR) is 113 cm³/mol. The molecule has 0 atom stereocenters. The van der Waals surface area contributed by atoms with Crippen molar-refractivity contribution in [2.24, 2.45) is 0 Å². The highest BCUT2D eigenvalue weighted by Crippen LogP contribution is 2.24. The molecular formula is C21H25ClN2O3S. The first-order valence-electron chi connectivity index (χ1n) is 9.47. The second kappa shape index (κ2) is 8.64. The molecule has 0 aromatic heterocycles. The molecule has 1 N–H and O–H groups in total. The fraction of sp³-hybridized carbons (Fsp3) is 0.381. The van der Waals surface area contributed by atoms with Crippen molar-refractivity contribution in [1.82, 2.24) is 4.31 Å². The number of sulfonamides is 1. The second-order valence-corrected chi connectivity index (χ2v) is 9.58. The normalized spacial score (nSPS) is 15.8. The maximum Gasteiger partial charge on any atom is 0.255 e. The van der Waals surface area contributed by atoms with E-state index in [-0.39, 0.29) is 10.8 Å². The second-order valence-electron chi connectivity index (χ2n) is 7.21. The van der Waals surface area contributed by atoms with Gasteiger partial charge in [-0.25, -0.2) is 8.42 Å². The van der Waals surface area contributed by atoms with Crippen LogP contribution in [-0.2, 0) is 10.0 Å². The van der Waals surface area contributed by atoms with E-state index < -0.39 is 10.0 Å². The van der Waals surface area contributed by atoms with Gasteiger partial charge in [-0.2, -0.15) is 4.31 Å². The summed E-state index contributed by atoms with van der Waals surface area (Å²) in [7, 11) is -3.61. The molecule has 1 aliphatic rings. The third kappa shape index (κ3) is 4.57. The van der Waals surface area contributed by atoms with Gasteiger partial charge in [0.15, 0.2) is 0 Å². The van der Waals surface area contributed by atoms with Crippen molar-refractivity contribution in [3.05, 3.63) is 58.1 Å². The predicted octanol–water partition coefficient (Wildman–Crippen LogP) is 4.77. The van der Waals surface area contributed by atoms with E-state index in [1.807, 2.05) is 6.92 Å². The summed E-state index contributed by atoms with van der Waals surface area (Å²) in [5.41, 5.74) is 2.56. The van der Waals surface area contributed by atoms with Crippen molar-refractivity contribution < 1.29 is 13.2 Å². The highest BCUT2D eigenvalue weighted by Gasteiger charge is 2.26. The molecule has 0 aliphatic carbocycles. The number of amides is 1. The lowest BCUT2D eigenvalue weighted by Crippen LogP contribution is -2.32. The summed E-state index contributed by atoms with van der Waals surface area (Å²) in [6.07, 6.45) is 3.84. The van der Waals surface area contributed by atoms with Gasteiger partial charge in [-0.05, 0) is 68.1 Å². The first kappa shape index (κ1) is 20.8. The zero-order chi connectivity index (χ0) is 20.3. The maximum atomic E-state index is 13.1. The van der Waals surface area contributed by atoms with Crippen LogP contribution in [0.4, 0.5) is 5.69 Å². The zero-order valence-corrected chi connectivity index (χ0v) is 17.7. The number of nitrogens with zero attached hydrogens (tertiary/aromatic N) is 1. The van der Waals surface area contributed by atoms with Gasteiger partial charge in [0.25, 0.3) is 5.91 Å². The smallest absolute Gasteiger partial charge is 0.255 e. The standard InChI is InChI=1S/C21H25ClN2O3S/c1-15-7-9-18(28(26,27)24-11-5-3-4-6-12-24)14-19(15)21(25)23-20-10-8-17(22)13-16(20)2/h7-10,13-14H,3-6,11-12H2,1-2H3,(H,23,25). The largest absolute Gasteiger partial charge is 0.322 e. The van der Waals surface area contributed by atoms with Gasteiger partial charge in [-0.3, -0.25) is 4.79 Å². The number of rotatable bonds is 4. The number of nitrogens with one attached hydrogen (secondary N) is 1. The Labute approximate surface area is 171 Å². The van der Waals surface area contributed by atoms with Crippen LogP contribution >= 0.6 is 11.6 Å². The fourth-order valence-electron chi connectivity index (χ4n) is 3.39. The number of aryl methyl sites for hydroxylation is 2. The lowest BCUT2D eigenvalue weighted by molar-refractivity contribution is 0.102. The van der Waals surface area contributed by atoms with Crippen LogP contribution in [0.5, 0.6) is 0 Å². The Bertz CT molecular complexity index is 981. The van der Waals surface area contributed by atoms with Crippen molar-refractivity contribution in [1.29, 1.82) is 0 Å². The summed E-state index contributed by atoms with van der Waals surface area (Å²) >= 11 is 5.97. The molecule has 28 heavy (non-hydrogen) atoms. The van der Waals surface area contributed by atoms with E-state index >= 15 is 0 Å². The Morgan fingerprint density at radius 1 is 0.964 bits per heavy atom. The summed E-state index contributed by atoms with van der Waals surface area (Å²) in [6.45, 7) is 4.71. The Kier molecular flexibility index (Phi) is 6.43. The van der Waals surface area contributed by atoms with E-state index in [0.29, 0.717) is 29.4 Å². The van der Waals surface area contributed by atoms with Gasteiger partial charge in [-0.1, -0.05) is 30.5 Å². The minimum atomic E-state index is -3.61. The first-order chi connectivity index (χ1) is 13.3. The van der Waals surface area contributed by atoms with Crippen LogP contribution in [-0.4, -0.2) is 31.7 Å². The van der Waals surface area contributed by atoms with Crippen LogP contribution in [0.25, 0.3) is 0 Å². The molecule has 150 valence electrons. The molecule has 1 amide bonds. The molecule has 2 aromatic rings. The molecule has 0 unspecified atom stereocenters. The van der Waals surface area contributed by atoms with Crippen molar-refractivity contribution in [2.75, 3.05) is 18.4 Å². The van der Waals surface area contributed by atoms with Crippen molar-refractivity contribution in [3.63, 3.8) is 0 Å². The summed E-state index contributed by atoms with van der Waals surface area (Å²) in [5, 5.41) is 3.45. The van der Waals surface area contributed by atoms with Gasteiger partial charge < -0.3 is 5.32 Å². The summed E-state index contributed by atoms with van der Waals surface area (Å²) in [5.74, 6) is -0.337. The van der Waals surface area contributed by atoms with Gasteiger partial charge in [0.05, 0.1) is 4.90 Å². The quantitative estimate of drug-likeness (QED) is 0.774. The fourth-order valence-corrected chi connectivity index (χ4v) is 5.16. The molecule has 5 nitrogen and oxygen atoms in total. The lowest BCUT2D eigenvalue weighted by Gasteiger charge is -2.20. The average molecular weight is 421 g/mol. The van der Waals surface area contributed by atoms with Gasteiger partial charge in [0, 0.05) is 29.4 Å². The highest BCUT2D eigenvalue weighted by atomic mass is 35.5. The number of anilines is 1. The van der Waals surface area contributed by atoms with E-state index in [4.69, 9.17) is 11.6 Å². The van der Waals surface area contributed by atoms with E-state index in [9.17, 15) is 13.2 Å². The third-order valence-electron chi connectivity index (χ3n) is 5.09. The van der Waals surface area contributed by atoms with Crippen LogP contribution in [0, 0.1) is 13.8 Å². The number of carbonyl (C=O) groups excluding carboxylic acids is 1. The van der Waals surface area contributed by atoms with E-state index in [1.54, 1.807) is 37.3 Å². The number of halogens is 1. The van der Waals surface area contributed by atoms with Crippen LogP contribution in [0.1, 0.15) is 47.2 Å². The molecule has 1 aliphatic heterocycles. The van der Waals surface area contributed by atoms with Crippen molar-refractivity contribution in [2.45, 2.75) is 44.4 Å². The molecule has 2 aromatic carbocycles. The molecule has 1 fully saturated rings. The molecule has 3 rings (SSSR count).